The summed E-state index contributed by atoms with van der Waals surface area (Å²) < 4.78 is 57.6. The number of Topliss-reactive ketones (excluding diaryl/α,β-unsaturated/α-hetero) is 2. The molecule has 5 amide bonds. The predicted molar refractivity (Wildman–Crippen MR) is 232 cm³/mol. The van der Waals surface area contributed by atoms with Gasteiger partial charge < -0.3 is 35.7 Å². The highest BCUT2D eigenvalue weighted by molar-refractivity contribution is 6.48. The lowest BCUT2D eigenvalue weighted by atomic mass is 9.72. The highest BCUT2D eigenvalue weighted by atomic mass is 35.5. The number of aromatic nitrogens is 2. The van der Waals surface area contributed by atoms with Crippen LogP contribution in [0.25, 0.3) is 0 Å². The van der Waals surface area contributed by atoms with Gasteiger partial charge in [0.1, 0.15) is 34.6 Å². The molecule has 4 aromatic rings. The number of nitrogens with zero attached hydrogens (tertiary/aromatic N) is 3. The summed E-state index contributed by atoms with van der Waals surface area (Å²) in [5, 5.41) is 21.0. The first-order chi connectivity index (χ1) is 30.9. The number of alkyl halides is 2. The van der Waals surface area contributed by atoms with Crippen LogP contribution in [0.15, 0.2) is 36.4 Å². The molecule has 5 N–H and O–H groups in total. The SMILES string of the molecule is CC(C)(C)NC(=O)C(=O)c1c(Cl)c(C(=O)Nc2ccc(F)c(C#N)c2)n2c1CCC2.CNC(=O)C1(NC(=O)C(=O)c2c(C)c(C(=O)Nc3ccc(F)c(Cl)c3)n3c2CC2CC23)CC(F)(F)C1. The van der Waals surface area contributed by atoms with Crippen LogP contribution >= 0.6 is 23.2 Å². The summed E-state index contributed by atoms with van der Waals surface area (Å²) >= 11 is 12.2. The molecule has 21 heteroatoms. The summed E-state index contributed by atoms with van der Waals surface area (Å²) in [5.74, 6) is -10.0. The normalized spacial score (nSPS) is 17.8. The number of ketones is 2. The van der Waals surface area contributed by atoms with Gasteiger partial charge >= 0.3 is 0 Å². The van der Waals surface area contributed by atoms with Crippen LogP contribution in [0.1, 0.15) is 117 Å². The molecule has 346 valence electrons. The van der Waals surface area contributed by atoms with E-state index in [4.69, 9.17) is 28.5 Å². The van der Waals surface area contributed by atoms with Crippen LogP contribution in [0.4, 0.5) is 28.9 Å². The second-order valence-electron chi connectivity index (χ2n) is 17.7. The average Bonchev–Trinajstić information content (AvgIpc) is 3.44. The van der Waals surface area contributed by atoms with Gasteiger partial charge in [-0.1, -0.05) is 23.2 Å². The molecule has 8 rings (SSSR count). The first-order valence-corrected chi connectivity index (χ1v) is 21.4. The van der Waals surface area contributed by atoms with Crippen LogP contribution in [0.2, 0.25) is 10.0 Å². The van der Waals surface area contributed by atoms with Gasteiger partial charge in [-0.3, -0.25) is 33.6 Å². The Morgan fingerprint density at radius 3 is 2.05 bits per heavy atom. The van der Waals surface area contributed by atoms with Gasteiger partial charge in [-0.15, -0.1) is 0 Å². The number of amides is 5. The van der Waals surface area contributed by atoms with Gasteiger partial charge in [0, 0.05) is 60.8 Å². The molecule has 15 nitrogen and oxygen atoms in total. The highest BCUT2D eigenvalue weighted by Crippen LogP contribution is 2.54. The van der Waals surface area contributed by atoms with Gasteiger partial charge in [-0.05, 0) is 101 Å². The highest BCUT2D eigenvalue weighted by Gasteiger charge is 2.62. The van der Waals surface area contributed by atoms with Crippen molar-refractivity contribution in [2.45, 2.75) is 95.8 Å². The minimum atomic E-state index is -3.13. The van der Waals surface area contributed by atoms with E-state index in [0.717, 1.165) is 18.6 Å². The summed E-state index contributed by atoms with van der Waals surface area (Å²) in [6, 6.07) is 9.01. The number of nitrogens with one attached hydrogen (secondary N) is 5. The summed E-state index contributed by atoms with van der Waals surface area (Å²) in [6.45, 7) is 7.25. The van der Waals surface area contributed by atoms with E-state index < -0.39 is 82.6 Å². The molecule has 0 spiro atoms. The van der Waals surface area contributed by atoms with Gasteiger partial charge in [0.15, 0.2) is 0 Å². The molecule has 2 fully saturated rings. The standard InChI is InChI=1S/C24H22ClF3N4O4.C21H20ClFN4O3/c1-10-17(19(33)21(35)31-23(22(36)29-2)8-24(27,28)9-23)16-6-11-5-15(11)32(16)18(10)20(34)30-12-3-4-14(26)13(25)7-12;1-21(2,3)26-20(30)18(28)15-14-5-4-8-27(14)17(16(15)22)19(29)25-12-6-7-13(23)11(9-12)10-24/h3-4,7,11,15H,5-6,8-9H2,1-2H3,(H,29,36)(H,30,34)(H,31,35);6-7,9H,4-5,8H2,1-3H3,(H,25,29)(H,26,30). The molecule has 2 saturated carbocycles. The number of anilines is 2. The first kappa shape index (κ1) is 47.4. The van der Waals surface area contributed by atoms with Crippen molar-refractivity contribution in [3.05, 3.63) is 103 Å². The van der Waals surface area contributed by atoms with E-state index in [0.29, 0.717) is 37.2 Å². The number of carbonyl (C=O) groups excluding carboxylic acids is 7. The quantitative estimate of drug-likeness (QED) is 0.0661. The number of halogens is 6. The Kier molecular flexibility index (Phi) is 12.5. The zero-order valence-electron chi connectivity index (χ0n) is 36.0. The minimum absolute atomic E-state index is 0.00315. The second kappa shape index (κ2) is 17.4. The molecule has 2 unspecified atom stereocenters. The van der Waals surface area contributed by atoms with Crippen LogP contribution in [0, 0.1) is 35.8 Å². The first-order valence-electron chi connectivity index (χ1n) is 20.7. The molecule has 2 aliphatic heterocycles. The molecule has 0 saturated heterocycles. The van der Waals surface area contributed by atoms with Gasteiger partial charge in [-0.25, -0.2) is 17.6 Å². The molecule has 2 aromatic carbocycles. The van der Waals surface area contributed by atoms with E-state index in [-0.39, 0.29) is 67.0 Å². The zero-order chi connectivity index (χ0) is 48.4. The number of carbonyl (C=O) groups is 7. The molecule has 0 bridgehead atoms. The van der Waals surface area contributed by atoms with Crippen molar-refractivity contribution in [1.29, 1.82) is 5.26 Å². The number of hydrogen-bond acceptors (Lipinski definition) is 8. The Hall–Kier alpha value is -6.52. The number of benzene rings is 2. The predicted octanol–water partition coefficient (Wildman–Crippen LogP) is 6.62. The Morgan fingerprint density at radius 2 is 1.45 bits per heavy atom. The van der Waals surface area contributed by atoms with Crippen LogP contribution < -0.4 is 26.6 Å². The van der Waals surface area contributed by atoms with E-state index in [1.165, 1.54) is 38.2 Å². The third-order valence-corrected chi connectivity index (χ3v) is 12.4. The van der Waals surface area contributed by atoms with Crippen molar-refractivity contribution in [2.75, 3.05) is 17.7 Å². The van der Waals surface area contributed by atoms with Crippen molar-refractivity contribution in [1.82, 2.24) is 25.1 Å². The average molecular weight is 954 g/mol. The smallest absolute Gasteiger partial charge is 0.293 e. The third kappa shape index (κ3) is 8.91. The molecule has 2 atom stereocenters. The molecular formula is C45H42Cl2F4N8O7. The Labute approximate surface area is 384 Å². The number of likely N-dealkylation sites (N-methyl/N-ethyl adjacent to an activating group) is 1. The second-order valence-corrected chi connectivity index (χ2v) is 18.5. The lowest BCUT2D eigenvalue weighted by molar-refractivity contribution is -0.164. The van der Waals surface area contributed by atoms with E-state index in [2.05, 4.69) is 26.6 Å². The van der Waals surface area contributed by atoms with Crippen molar-refractivity contribution in [3.63, 3.8) is 0 Å². The fraction of sp³-hybridized carbons (Fsp3) is 0.378. The molecule has 4 aliphatic rings. The maximum atomic E-state index is 13.6. The summed E-state index contributed by atoms with van der Waals surface area (Å²) in [4.78, 5) is 89.8. The summed E-state index contributed by atoms with van der Waals surface area (Å²) in [5.41, 5.74) is -0.644. The third-order valence-electron chi connectivity index (χ3n) is 11.8. The number of hydrogen-bond donors (Lipinski definition) is 5. The van der Waals surface area contributed by atoms with E-state index in [1.807, 2.05) is 0 Å². The van der Waals surface area contributed by atoms with E-state index in [9.17, 15) is 51.1 Å². The maximum Gasteiger partial charge on any atom is 0.293 e. The van der Waals surface area contributed by atoms with Gasteiger partial charge in [0.05, 0.1) is 26.7 Å². The topological polar surface area (TPSA) is 213 Å². The van der Waals surface area contributed by atoms with Crippen molar-refractivity contribution in [3.8, 4) is 6.07 Å². The summed E-state index contributed by atoms with van der Waals surface area (Å²) in [6.07, 6.45) is 0.675. The largest absolute Gasteiger partial charge is 0.357 e. The number of nitriles is 1. The minimum Gasteiger partial charge on any atom is -0.357 e. The van der Waals surface area contributed by atoms with Gasteiger partial charge in [0.25, 0.3) is 41.1 Å². The zero-order valence-corrected chi connectivity index (χ0v) is 37.5. The molecule has 0 radical (unpaired) electrons. The monoisotopic (exact) mass is 952 g/mol. The molecule has 66 heavy (non-hydrogen) atoms. The summed E-state index contributed by atoms with van der Waals surface area (Å²) in [7, 11) is 1.25. The fourth-order valence-corrected chi connectivity index (χ4v) is 9.41. The number of fused-ring (bicyclic) bond motifs is 4. The lowest BCUT2D eigenvalue weighted by Gasteiger charge is -2.45. The van der Waals surface area contributed by atoms with Crippen molar-refractivity contribution in [2.24, 2.45) is 5.92 Å². The molecular weight excluding hydrogens is 911 g/mol. The van der Waals surface area contributed by atoms with Gasteiger partial charge in [-0.2, -0.15) is 5.26 Å². The van der Waals surface area contributed by atoms with Crippen molar-refractivity contribution < 1.29 is 51.1 Å². The Morgan fingerprint density at radius 1 is 0.848 bits per heavy atom. The van der Waals surface area contributed by atoms with Gasteiger partial charge in [0.2, 0.25) is 5.91 Å². The van der Waals surface area contributed by atoms with Crippen LogP contribution in [0.3, 0.4) is 0 Å². The van der Waals surface area contributed by atoms with Crippen LogP contribution in [-0.4, -0.2) is 74.3 Å². The molecule has 2 aromatic heterocycles. The lowest BCUT2D eigenvalue weighted by Crippen LogP contribution is -2.69. The number of rotatable bonds is 10. The Balaban J connectivity index is 0.000000200. The van der Waals surface area contributed by atoms with Crippen LogP contribution in [0.5, 0.6) is 0 Å². The molecule has 4 heterocycles. The van der Waals surface area contributed by atoms with Crippen LogP contribution in [-0.2, 0) is 33.8 Å². The maximum absolute atomic E-state index is 13.6. The Bertz CT molecular complexity index is 2830. The fourth-order valence-electron chi connectivity index (χ4n) is 8.85. The van der Waals surface area contributed by atoms with Crippen molar-refractivity contribution >= 4 is 75.7 Å². The van der Waals surface area contributed by atoms with E-state index in [1.54, 1.807) is 36.0 Å². The van der Waals surface area contributed by atoms with E-state index >= 15 is 0 Å². The molecule has 2 aliphatic carbocycles.